The molecule has 2 nitrogen and oxygen atoms in total. The second kappa shape index (κ2) is 7.82. The smallest absolute Gasteiger partial charge is 0.213 e. The largest absolute Gasteiger partial charge is 0.481 e. The molecule has 0 radical (unpaired) electrons. The molecule has 1 aromatic carbocycles. The van der Waals surface area contributed by atoms with Crippen LogP contribution in [0.25, 0.3) is 0 Å². The summed E-state index contributed by atoms with van der Waals surface area (Å²) in [6.07, 6.45) is 7.95. The molecule has 0 spiro atoms. The highest BCUT2D eigenvalue weighted by Crippen LogP contribution is 2.63. The highest BCUT2D eigenvalue weighted by atomic mass is 16.5. The third kappa shape index (κ3) is 3.04. The van der Waals surface area contributed by atoms with E-state index in [1.807, 2.05) is 6.07 Å². The Morgan fingerprint density at radius 1 is 1.04 bits per heavy atom. The van der Waals surface area contributed by atoms with Gasteiger partial charge in [-0.15, -0.1) is 0 Å². The van der Waals surface area contributed by atoms with Gasteiger partial charge in [-0.2, -0.15) is 0 Å². The minimum Gasteiger partial charge on any atom is -0.481 e. The SMILES string of the molecule is C.CC[C@@]1(c2cccc(OC)n2)CC(c2ccccc2)C1C1CCCC1. The van der Waals surface area contributed by atoms with E-state index < -0.39 is 0 Å². The van der Waals surface area contributed by atoms with Crippen LogP contribution in [-0.2, 0) is 5.41 Å². The molecule has 140 valence electrons. The molecule has 3 atom stereocenters. The molecule has 2 heteroatoms. The Morgan fingerprint density at radius 3 is 2.42 bits per heavy atom. The van der Waals surface area contributed by atoms with Gasteiger partial charge in [0.2, 0.25) is 5.88 Å². The van der Waals surface area contributed by atoms with E-state index in [9.17, 15) is 0 Å². The van der Waals surface area contributed by atoms with Crippen molar-refractivity contribution in [2.24, 2.45) is 11.8 Å². The average molecular weight is 352 g/mol. The third-order valence-electron chi connectivity index (χ3n) is 6.86. The zero-order valence-electron chi connectivity index (χ0n) is 15.4. The van der Waals surface area contributed by atoms with Gasteiger partial charge in [-0.3, -0.25) is 0 Å². The lowest BCUT2D eigenvalue weighted by molar-refractivity contribution is 0.0223. The number of hydrogen-bond donors (Lipinski definition) is 0. The van der Waals surface area contributed by atoms with Gasteiger partial charge in [-0.1, -0.05) is 76.4 Å². The van der Waals surface area contributed by atoms with Crippen LogP contribution in [0.15, 0.2) is 48.5 Å². The van der Waals surface area contributed by atoms with Crippen molar-refractivity contribution in [1.29, 1.82) is 0 Å². The third-order valence-corrected chi connectivity index (χ3v) is 6.86. The molecule has 26 heavy (non-hydrogen) atoms. The summed E-state index contributed by atoms with van der Waals surface area (Å²) < 4.78 is 5.42. The molecule has 2 aliphatic rings. The number of nitrogens with zero attached hydrogens (tertiary/aromatic N) is 1. The zero-order chi connectivity index (χ0) is 17.3. The van der Waals surface area contributed by atoms with Gasteiger partial charge >= 0.3 is 0 Å². The maximum atomic E-state index is 5.42. The molecule has 0 bridgehead atoms. The maximum absolute atomic E-state index is 5.42. The van der Waals surface area contributed by atoms with Crippen molar-refractivity contribution >= 4 is 0 Å². The Bertz CT molecular complexity index is 707. The molecule has 2 fully saturated rings. The normalized spacial score (nSPS) is 28.2. The summed E-state index contributed by atoms with van der Waals surface area (Å²) in [6.45, 7) is 2.35. The van der Waals surface area contributed by atoms with E-state index in [4.69, 9.17) is 9.72 Å². The molecule has 4 rings (SSSR count). The molecule has 1 aromatic heterocycles. The lowest BCUT2D eigenvalue weighted by Crippen LogP contribution is -2.53. The van der Waals surface area contributed by atoms with Crippen LogP contribution >= 0.6 is 0 Å². The number of pyridine rings is 1. The predicted molar refractivity (Wildman–Crippen MR) is 109 cm³/mol. The van der Waals surface area contributed by atoms with Crippen molar-refractivity contribution < 1.29 is 4.74 Å². The lowest BCUT2D eigenvalue weighted by atomic mass is 9.46. The van der Waals surface area contributed by atoms with Crippen molar-refractivity contribution in [3.05, 3.63) is 59.8 Å². The van der Waals surface area contributed by atoms with E-state index in [-0.39, 0.29) is 12.8 Å². The maximum Gasteiger partial charge on any atom is 0.213 e. The summed E-state index contributed by atoms with van der Waals surface area (Å²) >= 11 is 0. The van der Waals surface area contributed by atoms with Crippen LogP contribution in [0.2, 0.25) is 0 Å². The first-order valence-corrected chi connectivity index (χ1v) is 9.85. The van der Waals surface area contributed by atoms with Crippen molar-refractivity contribution in [2.45, 2.75) is 64.2 Å². The predicted octanol–water partition coefficient (Wildman–Crippen LogP) is 6.37. The molecule has 2 aromatic rings. The second-order valence-electron chi connectivity index (χ2n) is 7.87. The minimum absolute atomic E-state index is 0. The van der Waals surface area contributed by atoms with Gasteiger partial charge in [0, 0.05) is 11.5 Å². The van der Waals surface area contributed by atoms with Gasteiger partial charge in [0.1, 0.15) is 0 Å². The topological polar surface area (TPSA) is 22.1 Å². The van der Waals surface area contributed by atoms with Crippen molar-refractivity contribution in [1.82, 2.24) is 4.98 Å². The van der Waals surface area contributed by atoms with Crippen molar-refractivity contribution in [3.8, 4) is 5.88 Å². The fourth-order valence-corrected chi connectivity index (χ4v) is 5.64. The Morgan fingerprint density at radius 2 is 1.77 bits per heavy atom. The molecule has 0 saturated heterocycles. The van der Waals surface area contributed by atoms with E-state index >= 15 is 0 Å². The monoisotopic (exact) mass is 351 g/mol. The van der Waals surface area contributed by atoms with E-state index in [0.29, 0.717) is 11.8 Å². The van der Waals surface area contributed by atoms with Crippen LogP contribution in [0.4, 0.5) is 0 Å². The van der Waals surface area contributed by atoms with Gasteiger partial charge in [-0.05, 0) is 42.2 Å². The Labute approximate surface area is 159 Å². The van der Waals surface area contributed by atoms with Gasteiger partial charge in [0.05, 0.1) is 12.8 Å². The van der Waals surface area contributed by atoms with Gasteiger partial charge in [0.15, 0.2) is 0 Å². The summed E-state index contributed by atoms with van der Waals surface area (Å²) in [4.78, 5) is 4.88. The van der Waals surface area contributed by atoms with E-state index in [1.54, 1.807) is 7.11 Å². The first-order valence-electron chi connectivity index (χ1n) is 9.85. The molecule has 2 saturated carbocycles. The van der Waals surface area contributed by atoms with Gasteiger partial charge < -0.3 is 4.74 Å². The van der Waals surface area contributed by atoms with Crippen LogP contribution < -0.4 is 4.74 Å². The number of ether oxygens (including phenoxy) is 1. The Balaban J connectivity index is 0.00000196. The highest BCUT2D eigenvalue weighted by molar-refractivity contribution is 5.35. The van der Waals surface area contributed by atoms with Crippen LogP contribution in [-0.4, -0.2) is 12.1 Å². The summed E-state index contributed by atoms with van der Waals surface area (Å²) in [5.74, 6) is 2.98. The first kappa shape index (κ1) is 18.9. The summed E-state index contributed by atoms with van der Waals surface area (Å²) in [7, 11) is 1.72. The number of hydrogen-bond acceptors (Lipinski definition) is 2. The zero-order valence-corrected chi connectivity index (χ0v) is 15.4. The van der Waals surface area contributed by atoms with Crippen LogP contribution in [0.5, 0.6) is 5.88 Å². The second-order valence-corrected chi connectivity index (χ2v) is 7.87. The van der Waals surface area contributed by atoms with Crippen LogP contribution in [0.1, 0.15) is 70.1 Å². The average Bonchev–Trinajstić information content (AvgIpc) is 3.16. The minimum atomic E-state index is 0. The quantitative estimate of drug-likeness (QED) is 0.624. The van der Waals surface area contributed by atoms with E-state index in [0.717, 1.165) is 18.2 Å². The number of rotatable bonds is 5. The van der Waals surface area contributed by atoms with Crippen LogP contribution in [0, 0.1) is 11.8 Å². The summed E-state index contributed by atoms with van der Waals surface area (Å²) in [6, 6.07) is 17.5. The molecular weight excluding hydrogens is 318 g/mol. The van der Waals surface area contributed by atoms with E-state index in [1.165, 1.54) is 43.4 Å². The van der Waals surface area contributed by atoms with Crippen molar-refractivity contribution in [3.63, 3.8) is 0 Å². The fraction of sp³-hybridized carbons (Fsp3) is 0.542. The standard InChI is InChI=1S/C23H29NO.CH4/c1-3-23(20-14-9-15-21(24-20)25-2)16-19(17-10-5-4-6-11-17)22(23)18-12-7-8-13-18;/h4-6,9-11,14-15,18-19,22H,3,7-8,12-13,16H2,1-2H3;1H4/t19?,22?,23-;/m0./s1. The van der Waals surface area contributed by atoms with Gasteiger partial charge in [0.25, 0.3) is 0 Å². The van der Waals surface area contributed by atoms with Gasteiger partial charge in [-0.25, -0.2) is 4.98 Å². The number of benzene rings is 1. The summed E-state index contributed by atoms with van der Waals surface area (Å²) in [5.41, 5.74) is 2.98. The van der Waals surface area contributed by atoms with Crippen molar-refractivity contribution in [2.75, 3.05) is 7.11 Å². The van der Waals surface area contributed by atoms with E-state index in [2.05, 4.69) is 49.4 Å². The first-order chi connectivity index (χ1) is 12.3. The molecule has 0 amide bonds. The highest BCUT2D eigenvalue weighted by Gasteiger charge is 2.57. The molecule has 2 unspecified atom stereocenters. The molecule has 0 N–H and O–H groups in total. The summed E-state index contributed by atoms with van der Waals surface area (Å²) in [5, 5.41) is 0. The molecule has 1 heterocycles. The van der Waals surface area contributed by atoms with Crippen LogP contribution in [0.3, 0.4) is 0 Å². The molecule has 2 aliphatic carbocycles. The Hall–Kier alpha value is -1.83. The number of aromatic nitrogens is 1. The Kier molecular flexibility index (Phi) is 5.70. The fourth-order valence-electron chi connectivity index (χ4n) is 5.64. The lowest BCUT2D eigenvalue weighted by Gasteiger charge is -2.58. The molecular formula is C24H33NO. The number of methoxy groups -OCH3 is 1. The molecule has 0 aliphatic heterocycles.